The molecular formula is C23H31N6O2+. The van der Waals surface area contributed by atoms with Gasteiger partial charge in [-0.3, -0.25) is 4.79 Å². The lowest BCUT2D eigenvalue weighted by molar-refractivity contribution is -0.914. The Hall–Kier alpha value is -2.74. The molecule has 0 unspecified atom stereocenters. The van der Waals surface area contributed by atoms with Gasteiger partial charge in [0.2, 0.25) is 5.82 Å². The highest BCUT2D eigenvalue weighted by Gasteiger charge is 2.37. The van der Waals surface area contributed by atoms with Crippen LogP contribution in [0.1, 0.15) is 75.3 Å². The molecule has 2 aliphatic rings. The third-order valence-electron chi connectivity index (χ3n) is 6.82. The van der Waals surface area contributed by atoms with Gasteiger partial charge in [-0.15, -0.1) is 5.10 Å². The Morgan fingerprint density at radius 1 is 1.16 bits per heavy atom. The molecule has 2 fully saturated rings. The number of likely N-dealkylation sites (tertiary alicyclic amines) is 1. The van der Waals surface area contributed by atoms with E-state index in [-0.39, 0.29) is 11.6 Å². The van der Waals surface area contributed by atoms with Crippen LogP contribution in [0.3, 0.4) is 0 Å². The molecule has 0 bridgehead atoms. The first-order chi connectivity index (χ1) is 15.2. The number of hydrogen-bond donors (Lipinski definition) is 2. The molecule has 31 heavy (non-hydrogen) atoms. The van der Waals surface area contributed by atoms with Crippen LogP contribution >= 0.6 is 0 Å². The Morgan fingerprint density at radius 3 is 2.74 bits per heavy atom. The molecular weight excluding hydrogens is 392 g/mol. The minimum Gasteiger partial charge on any atom is -0.494 e. The summed E-state index contributed by atoms with van der Waals surface area (Å²) in [6.45, 7) is 4.64. The standard InChI is InChI=1S/C23H30N6O2/c1-2-31-18-10-11-20-16(14-18)15-19(23(30)24-20)21(28-12-6-7-13-28)22-25-26-27-29(22)17-8-4-3-5-9-17/h10-11,14-15,17,21H,2-9,12-13H2,1H3,(H,24,30)/p+1/t21-/m0/s1. The maximum Gasteiger partial charge on any atom is 0.258 e. The molecule has 0 spiro atoms. The quantitative estimate of drug-likeness (QED) is 0.634. The monoisotopic (exact) mass is 423 g/mol. The van der Waals surface area contributed by atoms with E-state index in [2.05, 4.69) is 20.5 Å². The minimum absolute atomic E-state index is 0.0562. The predicted octanol–water partition coefficient (Wildman–Crippen LogP) is 2.19. The molecule has 0 radical (unpaired) electrons. The number of nitrogens with one attached hydrogen (secondary N) is 2. The van der Waals surface area contributed by atoms with Crippen molar-refractivity contribution in [2.24, 2.45) is 0 Å². The zero-order valence-electron chi connectivity index (χ0n) is 18.1. The van der Waals surface area contributed by atoms with Crippen LogP contribution in [0.15, 0.2) is 29.1 Å². The number of fused-ring (bicyclic) bond motifs is 1. The van der Waals surface area contributed by atoms with Gasteiger partial charge in [0.05, 0.1) is 31.3 Å². The van der Waals surface area contributed by atoms with Gasteiger partial charge in [0, 0.05) is 23.7 Å². The molecule has 2 aromatic heterocycles. The van der Waals surface area contributed by atoms with Gasteiger partial charge in [-0.2, -0.15) is 0 Å². The van der Waals surface area contributed by atoms with Crippen LogP contribution in [-0.2, 0) is 0 Å². The van der Waals surface area contributed by atoms with E-state index < -0.39 is 0 Å². The minimum atomic E-state index is -0.164. The Morgan fingerprint density at radius 2 is 1.97 bits per heavy atom. The van der Waals surface area contributed by atoms with Gasteiger partial charge < -0.3 is 14.6 Å². The third-order valence-corrected chi connectivity index (χ3v) is 6.82. The molecule has 3 heterocycles. The van der Waals surface area contributed by atoms with Crippen molar-refractivity contribution < 1.29 is 9.64 Å². The van der Waals surface area contributed by atoms with Gasteiger partial charge in [0.1, 0.15) is 5.75 Å². The lowest BCUT2D eigenvalue weighted by atomic mass is 9.95. The summed E-state index contributed by atoms with van der Waals surface area (Å²) in [5.41, 5.74) is 1.50. The fourth-order valence-electron chi connectivity index (χ4n) is 5.31. The van der Waals surface area contributed by atoms with Crippen molar-refractivity contribution in [1.29, 1.82) is 0 Å². The summed E-state index contributed by atoms with van der Waals surface area (Å²) in [4.78, 5) is 17.7. The van der Waals surface area contributed by atoms with E-state index in [0.717, 1.165) is 66.8 Å². The molecule has 3 aromatic rings. The van der Waals surface area contributed by atoms with Crippen LogP contribution < -0.4 is 15.2 Å². The van der Waals surface area contributed by atoms with Crippen LogP contribution in [0, 0.1) is 0 Å². The summed E-state index contributed by atoms with van der Waals surface area (Å²) in [5, 5.41) is 13.9. The van der Waals surface area contributed by atoms with Crippen molar-refractivity contribution in [2.45, 2.75) is 64.0 Å². The Balaban J connectivity index is 1.61. The van der Waals surface area contributed by atoms with E-state index in [9.17, 15) is 4.79 Å². The van der Waals surface area contributed by atoms with Gasteiger partial charge in [0.25, 0.3) is 5.56 Å². The maximum absolute atomic E-state index is 13.2. The molecule has 1 aromatic carbocycles. The summed E-state index contributed by atoms with van der Waals surface area (Å²) in [6, 6.07) is 7.99. The molecule has 0 amide bonds. The van der Waals surface area contributed by atoms with Gasteiger partial charge in [-0.05, 0) is 54.5 Å². The van der Waals surface area contributed by atoms with Gasteiger partial charge >= 0.3 is 0 Å². The largest absolute Gasteiger partial charge is 0.494 e. The summed E-state index contributed by atoms with van der Waals surface area (Å²) < 4.78 is 7.70. The van der Waals surface area contributed by atoms with E-state index >= 15 is 0 Å². The van der Waals surface area contributed by atoms with Crippen molar-refractivity contribution >= 4 is 10.9 Å². The number of ether oxygens (including phenoxy) is 1. The second-order valence-corrected chi connectivity index (χ2v) is 8.81. The molecule has 1 atom stereocenters. The molecule has 8 nitrogen and oxygen atoms in total. The number of aromatic amines is 1. The van der Waals surface area contributed by atoms with Crippen molar-refractivity contribution in [2.75, 3.05) is 19.7 Å². The highest BCUT2D eigenvalue weighted by Crippen LogP contribution is 2.30. The number of H-pyrrole nitrogens is 1. The number of rotatable bonds is 6. The first kappa shape index (κ1) is 20.2. The van der Waals surface area contributed by atoms with E-state index in [1.165, 1.54) is 24.2 Å². The SMILES string of the molecule is CCOc1ccc2[nH]c(=O)c([C@@H](c3nnnn3C3CCCCC3)[NH+]3CCCC3)cc2c1. The second kappa shape index (κ2) is 8.78. The average molecular weight is 424 g/mol. The molecule has 1 aliphatic heterocycles. The normalized spacial score (nSPS) is 19.1. The van der Waals surface area contributed by atoms with Crippen molar-refractivity contribution in [3.8, 4) is 5.75 Å². The molecule has 1 saturated carbocycles. The zero-order valence-corrected chi connectivity index (χ0v) is 18.1. The lowest BCUT2D eigenvalue weighted by Crippen LogP contribution is -3.10. The van der Waals surface area contributed by atoms with Gasteiger partial charge in [0.15, 0.2) is 6.04 Å². The number of aromatic nitrogens is 5. The average Bonchev–Trinajstić information content (AvgIpc) is 3.48. The highest BCUT2D eigenvalue weighted by atomic mass is 16.5. The van der Waals surface area contributed by atoms with Crippen LogP contribution in [0.4, 0.5) is 0 Å². The van der Waals surface area contributed by atoms with E-state index in [4.69, 9.17) is 4.74 Å². The third kappa shape index (κ3) is 3.96. The fourth-order valence-corrected chi connectivity index (χ4v) is 5.31. The summed E-state index contributed by atoms with van der Waals surface area (Å²) in [7, 11) is 0. The van der Waals surface area contributed by atoms with Crippen LogP contribution in [0.2, 0.25) is 0 Å². The number of hydrogen-bond acceptors (Lipinski definition) is 5. The number of tetrazole rings is 1. The highest BCUT2D eigenvalue weighted by molar-refractivity contribution is 5.80. The summed E-state index contributed by atoms with van der Waals surface area (Å²) in [6.07, 6.45) is 8.23. The number of nitrogens with zero attached hydrogens (tertiary/aromatic N) is 4. The predicted molar refractivity (Wildman–Crippen MR) is 117 cm³/mol. The molecule has 8 heteroatoms. The van der Waals surface area contributed by atoms with Crippen LogP contribution in [0.25, 0.3) is 10.9 Å². The van der Waals surface area contributed by atoms with Crippen molar-refractivity contribution in [3.05, 3.63) is 46.0 Å². The van der Waals surface area contributed by atoms with Gasteiger partial charge in [-0.25, -0.2) is 4.68 Å². The molecule has 1 aliphatic carbocycles. The summed E-state index contributed by atoms with van der Waals surface area (Å²) in [5.74, 6) is 1.64. The Bertz CT molecular complexity index is 1090. The van der Waals surface area contributed by atoms with E-state index in [1.807, 2.05) is 35.9 Å². The molecule has 2 N–H and O–H groups in total. The fraction of sp³-hybridized carbons (Fsp3) is 0.565. The maximum atomic E-state index is 13.2. The molecule has 5 rings (SSSR count). The molecule has 1 saturated heterocycles. The number of quaternary nitrogens is 1. The van der Waals surface area contributed by atoms with E-state index in [0.29, 0.717) is 12.6 Å². The zero-order chi connectivity index (χ0) is 21.2. The first-order valence-electron chi connectivity index (χ1n) is 11.7. The number of pyridine rings is 1. The van der Waals surface area contributed by atoms with Crippen molar-refractivity contribution in [3.63, 3.8) is 0 Å². The van der Waals surface area contributed by atoms with Crippen LogP contribution in [0.5, 0.6) is 5.75 Å². The van der Waals surface area contributed by atoms with Crippen LogP contribution in [-0.4, -0.2) is 44.9 Å². The Labute approximate surface area is 181 Å². The number of benzene rings is 1. The van der Waals surface area contributed by atoms with Crippen molar-refractivity contribution in [1.82, 2.24) is 25.2 Å². The molecule has 164 valence electrons. The second-order valence-electron chi connectivity index (χ2n) is 8.81. The Kier molecular flexibility index (Phi) is 5.72. The topological polar surface area (TPSA) is 90.1 Å². The summed E-state index contributed by atoms with van der Waals surface area (Å²) >= 11 is 0. The van der Waals surface area contributed by atoms with Gasteiger partial charge in [-0.1, -0.05) is 19.3 Å². The smallest absolute Gasteiger partial charge is 0.258 e. The van der Waals surface area contributed by atoms with E-state index in [1.54, 1.807) is 0 Å². The first-order valence-corrected chi connectivity index (χ1v) is 11.7. The lowest BCUT2D eigenvalue weighted by Gasteiger charge is -2.27.